The molecule has 0 aromatic heterocycles. The predicted octanol–water partition coefficient (Wildman–Crippen LogP) is 1.12. The summed E-state index contributed by atoms with van der Waals surface area (Å²) in [5.41, 5.74) is -2.76. The SMILES string of the molecule is CCOC(=O)N1CCC(O)(CN2CC[C@H](O)[C@@](O)(COc3cccc(F)c3F)C2)CC1. The van der Waals surface area contributed by atoms with Crippen LogP contribution in [-0.4, -0.2) is 94.5 Å². The van der Waals surface area contributed by atoms with Crippen LogP contribution in [0.25, 0.3) is 0 Å². The van der Waals surface area contributed by atoms with E-state index in [2.05, 4.69) is 0 Å². The Morgan fingerprint density at radius 1 is 1.23 bits per heavy atom. The van der Waals surface area contributed by atoms with E-state index in [4.69, 9.17) is 9.47 Å². The van der Waals surface area contributed by atoms with E-state index >= 15 is 0 Å². The third-order valence-corrected chi connectivity index (χ3v) is 5.97. The average molecular weight is 444 g/mol. The van der Waals surface area contributed by atoms with Crippen molar-refractivity contribution >= 4 is 6.09 Å². The molecular weight excluding hydrogens is 414 g/mol. The van der Waals surface area contributed by atoms with Crippen LogP contribution in [0.5, 0.6) is 5.75 Å². The van der Waals surface area contributed by atoms with Crippen molar-refractivity contribution in [2.24, 2.45) is 0 Å². The molecule has 2 saturated heterocycles. The van der Waals surface area contributed by atoms with Crippen LogP contribution in [0, 0.1) is 11.6 Å². The second kappa shape index (κ2) is 9.64. The first-order valence-electron chi connectivity index (χ1n) is 10.5. The summed E-state index contributed by atoms with van der Waals surface area (Å²) in [5.74, 6) is -2.56. The van der Waals surface area contributed by atoms with Crippen molar-refractivity contribution in [1.82, 2.24) is 9.80 Å². The Morgan fingerprint density at radius 2 is 1.94 bits per heavy atom. The molecule has 0 bridgehead atoms. The summed E-state index contributed by atoms with van der Waals surface area (Å²) in [5, 5.41) is 32.2. The van der Waals surface area contributed by atoms with Gasteiger partial charge < -0.3 is 29.7 Å². The Labute approximate surface area is 180 Å². The molecule has 0 radical (unpaired) electrons. The monoisotopic (exact) mass is 444 g/mol. The molecule has 174 valence electrons. The van der Waals surface area contributed by atoms with Crippen LogP contribution in [0.15, 0.2) is 18.2 Å². The zero-order chi connectivity index (χ0) is 22.6. The molecule has 1 aromatic carbocycles. The number of carbonyl (C=O) groups is 1. The molecule has 1 amide bonds. The fraction of sp³-hybridized carbons (Fsp3) is 0.667. The van der Waals surface area contributed by atoms with Gasteiger partial charge in [0.15, 0.2) is 11.6 Å². The standard InChI is InChI=1S/C21H30F2N2O6/c1-2-30-19(27)25-10-7-20(28,8-11-25)12-24-9-6-17(26)21(29,13-24)14-31-16-5-3-4-15(22)18(16)23/h3-5,17,26,28-29H,2,6-14H2,1H3/t17-,21-/m0/s1. The Bertz CT molecular complexity index is 774. The van der Waals surface area contributed by atoms with Crippen LogP contribution in [0.3, 0.4) is 0 Å². The molecule has 2 fully saturated rings. The van der Waals surface area contributed by atoms with E-state index in [1.807, 2.05) is 4.90 Å². The van der Waals surface area contributed by atoms with Gasteiger partial charge >= 0.3 is 6.09 Å². The number of piperidine rings is 2. The second-order valence-electron chi connectivity index (χ2n) is 8.37. The highest BCUT2D eigenvalue weighted by molar-refractivity contribution is 5.67. The summed E-state index contributed by atoms with van der Waals surface area (Å²) in [7, 11) is 0. The highest BCUT2D eigenvalue weighted by Crippen LogP contribution is 2.29. The summed E-state index contributed by atoms with van der Waals surface area (Å²) in [6, 6.07) is 3.50. The number of halogens is 2. The fourth-order valence-corrected chi connectivity index (χ4v) is 4.11. The zero-order valence-electron chi connectivity index (χ0n) is 17.6. The van der Waals surface area contributed by atoms with E-state index in [1.54, 1.807) is 11.8 Å². The second-order valence-corrected chi connectivity index (χ2v) is 8.37. The van der Waals surface area contributed by atoms with Crippen molar-refractivity contribution in [3.8, 4) is 5.75 Å². The number of aliphatic hydroxyl groups excluding tert-OH is 1. The molecule has 0 aliphatic carbocycles. The number of benzene rings is 1. The fourth-order valence-electron chi connectivity index (χ4n) is 4.11. The van der Waals surface area contributed by atoms with Crippen molar-refractivity contribution in [3.05, 3.63) is 29.8 Å². The van der Waals surface area contributed by atoms with Crippen LogP contribution in [-0.2, 0) is 4.74 Å². The van der Waals surface area contributed by atoms with Crippen LogP contribution in [0.1, 0.15) is 26.2 Å². The van der Waals surface area contributed by atoms with E-state index < -0.39 is 41.6 Å². The minimum atomic E-state index is -1.71. The van der Waals surface area contributed by atoms with Gasteiger partial charge in [0.1, 0.15) is 12.2 Å². The summed E-state index contributed by atoms with van der Waals surface area (Å²) < 4.78 is 37.5. The summed E-state index contributed by atoms with van der Waals surface area (Å²) >= 11 is 0. The van der Waals surface area contributed by atoms with E-state index in [9.17, 15) is 28.9 Å². The van der Waals surface area contributed by atoms with Gasteiger partial charge in [-0.05, 0) is 38.3 Å². The number of rotatable bonds is 6. The molecule has 2 heterocycles. The zero-order valence-corrected chi connectivity index (χ0v) is 17.6. The maximum atomic E-state index is 13.8. The molecular formula is C21H30F2N2O6. The Hall–Kier alpha value is -2.01. The van der Waals surface area contributed by atoms with Crippen LogP contribution in [0.4, 0.5) is 13.6 Å². The Morgan fingerprint density at radius 3 is 2.61 bits per heavy atom. The number of likely N-dealkylation sites (tertiary alicyclic amines) is 2. The molecule has 3 rings (SSSR count). The number of carbonyl (C=O) groups excluding carboxylic acids is 1. The van der Waals surface area contributed by atoms with Crippen molar-refractivity contribution < 1.29 is 38.4 Å². The maximum absolute atomic E-state index is 13.8. The number of hydrogen-bond donors (Lipinski definition) is 3. The number of aliphatic hydroxyl groups is 3. The van der Waals surface area contributed by atoms with Crippen LogP contribution >= 0.6 is 0 Å². The van der Waals surface area contributed by atoms with Gasteiger partial charge in [-0.3, -0.25) is 4.90 Å². The largest absolute Gasteiger partial charge is 0.487 e. The van der Waals surface area contributed by atoms with E-state index in [0.29, 0.717) is 32.5 Å². The van der Waals surface area contributed by atoms with Crippen molar-refractivity contribution in [2.75, 3.05) is 45.9 Å². The first-order chi connectivity index (χ1) is 14.7. The lowest BCUT2D eigenvalue weighted by Gasteiger charge is -2.46. The molecule has 0 unspecified atom stereocenters. The van der Waals surface area contributed by atoms with Crippen LogP contribution < -0.4 is 4.74 Å². The first kappa shape index (κ1) is 23.6. The van der Waals surface area contributed by atoms with E-state index in [1.165, 1.54) is 12.1 Å². The average Bonchev–Trinajstić information content (AvgIpc) is 2.72. The quantitative estimate of drug-likeness (QED) is 0.604. The molecule has 0 saturated carbocycles. The normalized spacial score (nSPS) is 26.5. The number of hydrogen-bond acceptors (Lipinski definition) is 7. The van der Waals surface area contributed by atoms with E-state index in [0.717, 1.165) is 6.07 Å². The molecule has 0 spiro atoms. The van der Waals surface area contributed by atoms with Crippen molar-refractivity contribution in [3.63, 3.8) is 0 Å². The maximum Gasteiger partial charge on any atom is 0.409 e. The predicted molar refractivity (Wildman–Crippen MR) is 107 cm³/mol. The van der Waals surface area contributed by atoms with Crippen molar-refractivity contribution in [2.45, 2.75) is 43.5 Å². The van der Waals surface area contributed by atoms with Gasteiger partial charge in [-0.25, -0.2) is 9.18 Å². The summed E-state index contributed by atoms with van der Waals surface area (Å²) in [6.45, 7) is 2.99. The van der Waals surface area contributed by atoms with Gasteiger partial charge in [0.25, 0.3) is 0 Å². The number of β-amino-alcohol motifs (C(OH)–C–C–N with tert-alkyl or cyclic N) is 2. The first-order valence-corrected chi connectivity index (χ1v) is 10.5. The highest BCUT2D eigenvalue weighted by atomic mass is 19.2. The number of amides is 1. The molecule has 10 heteroatoms. The molecule has 31 heavy (non-hydrogen) atoms. The minimum absolute atomic E-state index is 0.00496. The van der Waals surface area contributed by atoms with Gasteiger partial charge in [-0.2, -0.15) is 4.39 Å². The third kappa shape index (κ3) is 5.62. The Kier molecular flexibility index (Phi) is 7.35. The summed E-state index contributed by atoms with van der Waals surface area (Å²) in [6.07, 6.45) is -0.568. The van der Waals surface area contributed by atoms with E-state index in [-0.39, 0.29) is 31.9 Å². The lowest BCUT2D eigenvalue weighted by Crippen LogP contribution is -2.62. The van der Waals surface area contributed by atoms with Gasteiger partial charge in [-0.15, -0.1) is 0 Å². The molecule has 1 aromatic rings. The van der Waals surface area contributed by atoms with Gasteiger partial charge in [0, 0.05) is 32.7 Å². The lowest BCUT2D eigenvalue weighted by molar-refractivity contribution is -0.150. The molecule has 2 aliphatic heterocycles. The van der Waals surface area contributed by atoms with Gasteiger partial charge in [0.2, 0.25) is 5.82 Å². The van der Waals surface area contributed by atoms with Crippen molar-refractivity contribution in [1.29, 1.82) is 0 Å². The lowest BCUT2D eigenvalue weighted by atomic mass is 9.86. The number of nitrogens with zero attached hydrogens (tertiary/aromatic N) is 2. The molecule has 2 aliphatic rings. The highest BCUT2D eigenvalue weighted by Gasteiger charge is 2.45. The van der Waals surface area contributed by atoms with Gasteiger partial charge in [0.05, 0.1) is 18.3 Å². The topological polar surface area (TPSA) is 103 Å². The minimum Gasteiger partial charge on any atom is -0.487 e. The van der Waals surface area contributed by atoms with Gasteiger partial charge in [-0.1, -0.05) is 6.07 Å². The third-order valence-electron chi connectivity index (χ3n) is 5.97. The molecule has 2 atom stereocenters. The smallest absolute Gasteiger partial charge is 0.409 e. The molecule has 3 N–H and O–H groups in total. The molecule has 8 nitrogen and oxygen atoms in total. The van der Waals surface area contributed by atoms with Crippen LogP contribution in [0.2, 0.25) is 0 Å². The summed E-state index contributed by atoms with van der Waals surface area (Å²) in [4.78, 5) is 15.2. The number of ether oxygens (including phenoxy) is 2. The Balaban J connectivity index is 1.57.